The zero-order valence-corrected chi connectivity index (χ0v) is 48.3. The largest absolute Gasteiger partial charge is 0.457 e. The van der Waals surface area contributed by atoms with Crippen molar-refractivity contribution in [3.8, 4) is 11.5 Å². The van der Waals surface area contributed by atoms with Gasteiger partial charge in [0.2, 0.25) is 0 Å². The molecule has 11 aromatic rings. The second-order valence-electron chi connectivity index (χ2n) is 22.5. The number of rotatable bonds is 11. The summed E-state index contributed by atoms with van der Waals surface area (Å²) in [6.45, 7) is 17.3. The van der Waals surface area contributed by atoms with Gasteiger partial charge in [-0.05, 0) is 182 Å². The molecule has 3 aliphatic rings. The second-order valence-corrected chi connectivity index (χ2v) is 25.1. The van der Waals surface area contributed by atoms with Crippen LogP contribution in [-0.4, -0.2) is 8.80 Å². The highest BCUT2D eigenvalue weighted by molar-refractivity contribution is 7.01. The highest BCUT2D eigenvalue weighted by Crippen LogP contribution is 2.54. The van der Waals surface area contributed by atoms with E-state index in [1.807, 2.05) is 0 Å². The van der Waals surface area contributed by atoms with Crippen LogP contribution in [0, 0.1) is 55.4 Å². The molecule has 6 nitrogen and oxygen atoms in total. The quantitative estimate of drug-likeness (QED) is 0.120. The molecule has 7 heteroatoms. The van der Waals surface area contributed by atoms with Gasteiger partial charge < -0.3 is 29.2 Å². The zero-order valence-electron chi connectivity index (χ0n) is 47.2. The lowest BCUT2D eigenvalue weighted by molar-refractivity contribution is 0.488. The third-order valence-corrected chi connectivity index (χ3v) is 20.0. The lowest BCUT2D eigenvalue weighted by Gasteiger charge is -2.48. The predicted molar refractivity (Wildman–Crippen MR) is 344 cm³/mol. The van der Waals surface area contributed by atoms with E-state index in [0.29, 0.717) is 0 Å². The van der Waals surface area contributed by atoms with E-state index < -0.39 is 8.80 Å². The lowest BCUT2D eigenvalue weighted by atomic mass is 10.0. The molecule has 0 fully saturated rings. The Balaban J connectivity index is 1.12. The van der Waals surface area contributed by atoms with Gasteiger partial charge in [-0.2, -0.15) is 0 Å². The zero-order chi connectivity index (χ0) is 55.2. The van der Waals surface area contributed by atoms with Gasteiger partial charge in [0.05, 0.1) is 39.8 Å². The van der Waals surface area contributed by atoms with Gasteiger partial charge in [-0.3, -0.25) is 0 Å². The fourth-order valence-corrected chi connectivity index (χ4v) is 16.0. The van der Waals surface area contributed by atoms with Crippen LogP contribution in [0.15, 0.2) is 231 Å². The average Bonchev–Trinajstić information content (AvgIpc) is 2.51. The van der Waals surface area contributed by atoms with Crippen molar-refractivity contribution in [2.24, 2.45) is 0 Å². The second kappa shape index (κ2) is 19.7. The molecule has 0 atom stereocenters. The molecule has 0 N–H and O–H groups in total. The molecule has 3 heterocycles. The molecule has 0 spiro atoms. The van der Waals surface area contributed by atoms with Crippen LogP contribution in [0.25, 0.3) is 0 Å². The van der Waals surface area contributed by atoms with Gasteiger partial charge in [0.25, 0.3) is 0 Å². The van der Waals surface area contributed by atoms with Gasteiger partial charge in [-0.15, -0.1) is 0 Å². The Bertz CT molecular complexity index is 3840. The molecule has 0 bridgehead atoms. The number of anilines is 15. The fourth-order valence-electron chi connectivity index (χ4n) is 12.2. The Morgan fingerprint density at radius 1 is 0.247 bits per heavy atom. The summed E-state index contributed by atoms with van der Waals surface area (Å²) < 4.78 is 7.77. The third-order valence-electron chi connectivity index (χ3n) is 16.5. The van der Waals surface area contributed by atoms with Crippen molar-refractivity contribution in [1.82, 2.24) is 0 Å². The number of hydrogen-bond donors (Lipinski definition) is 0. The van der Waals surface area contributed by atoms with Crippen molar-refractivity contribution in [3.63, 3.8) is 0 Å². The molecule has 0 aliphatic carbocycles. The van der Waals surface area contributed by atoms with Gasteiger partial charge in [-0.25, -0.2) is 0 Å². The summed E-state index contributed by atoms with van der Waals surface area (Å²) in [6, 6.07) is 86.3. The van der Waals surface area contributed by atoms with Crippen molar-refractivity contribution in [2.45, 2.75) is 55.4 Å². The smallest absolute Gasteiger partial charge is 0.153 e. The number of ether oxygens (including phenoxy) is 1. The van der Waals surface area contributed by atoms with Crippen molar-refractivity contribution >= 4 is 110 Å². The molecular weight excluding hydrogens is 1000 g/mol. The molecule has 0 aromatic heterocycles. The first-order valence-electron chi connectivity index (χ1n) is 28.2. The van der Waals surface area contributed by atoms with E-state index in [0.717, 1.165) is 85.4 Å². The molecule has 81 heavy (non-hydrogen) atoms. The Kier molecular flexibility index (Phi) is 12.1. The maximum atomic E-state index is 7.77. The molecule has 0 amide bonds. The minimum absolute atomic E-state index is 0.888. The number of aryl methyl sites for hydroxylation is 8. The van der Waals surface area contributed by atoms with E-state index in [4.69, 9.17) is 4.74 Å². The first-order chi connectivity index (χ1) is 39.4. The third kappa shape index (κ3) is 8.73. The van der Waals surface area contributed by atoms with Gasteiger partial charge in [0, 0.05) is 68.0 Å². The number of hydrogen-bond acceptors (Lipinski definition) is 6. The molecule has 0 saturated heterocycles. The first-order valence-corrected chi connectivity index (χ1v) is 29.9. The van der Waals surface area contributed by atoms with Gasteiger partial charge in [0.15, 0.2) is 8.80 Å². The molecule has 11 aromatic carbocycles. The molecule has 0 unspecified atom stereocenters. The van der Waals surface area contributed by atoms with Gasteiger partial charge in [-0.1, -0.05) is 142 Å². The maximum Gasteiger partial charge on any atom is 0.153 e. The Morgan fingerprint density at radius 3 is 0.704 bits per heavy atom. The highest BCUT2D eigenvalue weighted by Gasteiger charge is 2.49. The Labute approximate surface area is 478 Å². The van der Waals surface area contributed by atoms with Crippen LogP contribution in [0.4, 0.5) is 85.3 Å². The summed E-state index contributed by atoms with van der Waals surface area (Å²) in [6.07, 6.45) is 0. The topological polar surface area (TPSA) is 25.4 Å². The number of nitrogens with zero attached hydrogens (tertiary/aromatic N) is 5. The van der Waals surface area contributed by atoms with Crippen LogP contribution in [-0.2, 0) is 0 Å². The maximum absolute atomic E-state index is 7.77. The van der Waals surface area contributed by atoms with Crippen LogP contribution in [0.1, 0.15) is 44.5 Å². The Morgan fingerprint density at radius 2 is 0.457 bits per heavy atom. The molecule has 394 valence electrons. The van der Waals surface area contributed by atoms with Crippen LogP contribution in [0.2, 0.25) is 0 Å². The van der Waals surface area contributed by atoms with E-state index in [-0.39, 0.29) is 0 Å². The number of benzene rings is 11. The summed E-state index contributed by atoms with van der Waals surface area (Å²) in [5, 5.41) is 3.92. The van der Waals surface area contributed by atoms with Gasteiger partial charge in [0.1, 0.15) is 11.5 Å². The van der Waals surface area contributed by atoms with Crippen LogP contribution >= 0.6 is 0 Å². The van der Waals surface area contributed by atoms with E-state index >= 15 is 0 Å². The summed E-state index contributed by atoms with van der Waals surface area (Å²) in [7, 11) is -2.47. The van der Waals surface area contributed by atoms with E-state index in [1.54, 1.807) is 0 Å². The average molecular weight is 1070 g/mol. The summed E-state index contributed by atoms with van der Waals surface area (Å²) >= 11 is 0. The molecule has 0 saturated carbocycles. The molecular formula is C74H63N5OSi. The van der Waals surface area contributed by atoms with Crippen molar-refractivity contribution in [2.75, 3.05) is 24.5 Å². The minimum atomic E-state index is -2.47. The highest BCUT2D eigenvalue weighted by atomic mass is 28.3. The predicted octanol–water partition coefficient (Wildman–Crippen LogP) is 18.5. The first kappa shape index (κ1) is 49.7. The van der Waals surface area contributed by atoms with Gasteiger partial charge >= 0.3 is 0 Å². The monoisotopic (exact) mass is 1070 g/mol. The normalized spacial score (nSPS) is 12.7. The van der Waals surface area contributed by atoms with E-state index in [9.17, 15) is 0 Å². The van der Waals surface area contributed by atoms with Crippen LogP contribution < -0.4 is 44.8 Å². The Hall–Kier alpha value is -9.56. The minimum Gasteiger partial charge on any atom is -0.457 e. The summed E-state index contributed by atoms with van der Waals surface area (Å²) in [5.41, 5.74) is 26.0. The molecule has 0 radical (unpaired) electrons. The van der Waals surface area contributed by atoms with Crippen LogP contribution in [0.5, 0.6) is 11.5 Å². The van der Waals surface area contributed by atoms with Crippen molar-refractivity contribution in [1.29, 1.82) is 0 Å². The van der Waals surface area contributed by atoms with E-state index in [2.05, 4.69) is 310 Å². The van der Waals surface area contributed by atoms with Crippen LogP contribution in [0.3, 0.4) is 0 Å². The van der Waals surface area contributed by atoms with Crippen molar-refractivity contribution in [3.05, 3.63) is 275 Å². The van der Waals surface area contributed by atoms with Crippen molar-refractivity contribution < 1.29 is 4.74 Å². The van der Waals surface area contributed by atoms with E-state index in [1.165, 1.54) is 71.4 Å². The summed E-state index contributed by atoms with van der Waals surface area (Å²) in [4.78, 5) is 12.3. The standard InChI is InChI=1S/C74H63N5OSi/c1-47-9-25-55(26-10-47)75(56-27-11-48(2)12-28-56)63-41-66-72-67(42-63)79(62-39-23-54(8)24-40-62)69-44-65(77(59-33-17-51(5)18-34-59)60-35-19-52(6)20-36-60)46-71-74(69)81(72)73-68(78(66)61-37-21-53(7)22-38-61)43-64(45-70(73)80-71)76(57-29-13-49(3)14-30-57)58-31-15-50(4)16-32-58/h9-46,81H,1-8H3. The molecule has 14 rings (SSSR count). The summed E-state index contributed by atoms with van der Waals surface area (Å²) in [5.74, 6) is 1.78. The SMILES string of the molecule is Cc1ccc(N(c2ccc(C)cc2)c2cc3c4c(c2)N(c2ccc(C)cc2)c2cc(N(c5ccc(C)cc5)c5ccc(C)cc5)cc5c2[SiH]4c2c(cc(N(c4ccc(C)cc4)c4ccc(C)cc4)cc2N5c2ccc(C)cc2)O3)cc1. The fraction of sp³-hybridized carbons (Fsp3) is 0.108. The lowest BCUT2D eigenvalue weighted by Crippen LogP contribution is -2.63. The molecule has 3 aliphatic heterocycles.